The van der Waals surface area contributed by atoms with Crippen molar-refractivity contribution in [1.29, 1.82) is 0 Å². The molecule has 4 atom stereocenters. The number of benzene rings is 2. The van der Waals surface area contributed by atoms with Gasteiger partial charge in [0.1, 0.15) is 17.2 Å². The number of amides is 2. The summed E-state index contributed by atoms with van der Waals surface area (Å²) in [5.74, 6) is -1.65. The van der Waals surface area contributed by atoms with Crippen LogP contribution in [0.1, 0.15) is 25.5 Å². The molecule has 2 amide bonds. The molecule has 0 radical (unpaired) electrons. The molecular weight excluding hydrogens is 443 g/mol. The second-order valence-corrected chi connectivity index (χ2v) is 9.56. The Hall–Kier alpha value is -1.36. The number of aliphatic carboxylic acids is 1. The summed E-state index contributed by atoms with van der Waals surface area (Å²) in [5.41, 5.74) is 0.648. The molecule has 0 aromatic heterocycles. The minimum absolute atomic E-state index is 0. The average Bonchev–Trinajstić information content (AvgIpc) is 2.99. The summed E-state index contributed by atoms with van der Waals surface area (Å²) >= 11 is 1.35. The number of thioether (sulfide) groups is 1. The van der Waals surface area contributed by atoms with Gasteiger partial charge in [0, 0.05) is 10.3 Å². The van der Waals surface area contributed by atoms with Gasteiger partial charge in [-0.3, -0.25) is 9.59 Å². The van der Waals surface area contributed by atoms with Gasteiger partial charge in [-0.25, -0.2) is 0 Å². The monoisotopic (exact) mass is 464 g/mol. The van der Waals surface area contributed by atoms with Crippen LogP contribution in [-0.4, -0.2) is 44.9 Å². The Kier molecular flexibility index (Phi) is 7.55. The number of carbonyl (C=O) groups is 3. The van der Waals surface area contributed by atoms with E-state index in [1.165, 1.54) is 16.7 Å². The predicted molar refractivity (Wildman–Crippen MR) is 109 cm³/mol. The maximum atomic E-state index is 13.1. The first-order chi connectivity index (χ1) is 14.3. The van der Waals surface area contributed by atoms with Gasteiger partial charge in [-0.15, -0.1) is 11.8 Å². The number of para-hydroxylation sites is 1. The number of nitrogens with zero attached hydrogens (tertiary/aromatic N) is 1. The van der Waals surface area contributed by atoms with E-state index >= 15 is 0 Å². The molecule has 0 aliphatic carbocycles. The Bertz CT molecular complexity index is 972. The van der Waals surface area contributed by atoms with Crippen LogP contribution in [0.5, 0.6) is 5.75 Å². The van der Waals surface area contributed by atoms with Crippen LogP contribution in [0.3, 0.4) is 0 Å². The van der Waals surface area contributed by atoms with Crippen molar-refractivity contribution in [3.05, 3.63) is 66.2 Å². The molecule has 0 saturated carbocycles. The smallest absolute Gasteiger partial charge is 0.548 e. The molecule has 9 heteroatoms. The molecule has 2 aliphatic heterocycles. The Labute approximate surface area is 227 Å². The van der Waals surface area contributed by atoms with Crippen molar-refractivity contribution in [3.8, 4) is 5.75 Å². The molecule has 0 spiro atoms. The zero-order valence-electron chi connectivity index (χ0n) is 17.5. The van der Waals surface area contributed by atoms with Crippen LogP contribution in [-0.2, 0) is 14.4 Å². The van der Waals surface area contributed by atoms with Crippen LogP contribution < -0.4 is 66.5 Å². The molecule has 2 fully saturated rings. The first kappa shape index (κ1) is 24.3. The largest absolute Gasteiger partial charge is 1.00 e. The average molecular weight is 465 g/mol. The summed E-state index contributed by atoms with van der Waals surface area (Å²) < 4.78 is 5.22. The van der Waals surface area contributed by atoms with Gasteiger partial charge in [0.05, 0.1) is 12.0 Å². The van der Waals surface area contributed by atoms with Crippen molar-refractivity contribution in [2.24, 2.45) is 0 Å². The zero-order chi connectivity index (χ0) is 21.5. The van der Waals surface area contributed by atoms with Gasteiger partial charge in [0.2, 0.25) is 12.0 Å². The van der Waals surface area contributed by atoms with E-state index in [0.29, 0.717) is 11.3 Å². The Balaban J connectivity index is 0.00000272. The van der Waals surface area contributed by atoms with E-state index in [-0.39, 0.29) is 51.4 Å². The fourth-order valence-corrected chi connectivity index (χ4v) is 5.51. The van der Waals surface area contributed by atoms with Gasteiger partial charge in [-0.2, -0.15) is 0 Å². The second kappa shape index (κ2) is 9.64. The van der Waals surface area contributed by atoms with Gasteiger partial charge in [-0.05, 0) is 26.0 Å². The molecule has 31 heavy (non-hydrogen) atoms. The molecule has 4 rings (SSSR count). The van der Waals surface area contributed by atoms with Crippen molar-refractivity contribution in [2.75, 3.05) is 0 Å². The van der Waals surface area contributed by atoms with Crippen LogP contribution >= 0.6 is 11.8 Å². The van der Waals surface area contributed by atoms with Crippen LogP contribution in [0, 0.1) is 0 Å². The predicted octanol–water partition coefficient (Wildman–Crippen LogP) is -1.89. The van der Waals surface area contributed by atoms with Crippen molar-refractivity contribution in [2.45, 2.75) is 42.2 Å². The van der Waals surface area contributed by atoms with Crippen LogP contribution in [0.15, 0.2) is 60.7 Å². The summed E-state index contributed by atoms with van der Waals surface area (Å²) in [5, 5.41) is 13.9. The number of fused-ring (bicyclic) bond motifs is 1. The number of ether oxygens (including phenoxy) is 1. The van der Waals surface area contributed by atoms with Gasteiger partial charge in [0.15, 0.2) is 0 Å². The first-order valence-electron chi connectivity index (χ1n) is 9.57. The topological polar surface area (TPSA) is 98.8 Å². The summed E-state index contributed by atoms with van der Waals surface area (Å²) in [7, 11) is 0. The van der Waals surface area contributed by atoms with Crippen molar-refractivity contribution >= 4 is 29.5 Å². The van der Waals surface area contributed by atoms with E-state index in [0.717, 1.165) is 0 Å². The third-order valence-corrected chi connectivity index (χ3v) is 6.87. The molecule has 2 aliphatic rings. The molecule has 1 N–H and O–H groups in total. The van der Waals surface area contributed by atoms with E-state index < -0.39 is 46.1 Å². The quantitative estimate of drug-likeness (QED) is 0.397. The molecule has 7 nitrogen and oxygen atoms in total. The number of nitrogens with one attached hydrogen (secondary N) is 1. The molecule has 2 saturated heterocycles. The molecule has 4 unspecified atom stereocenters. The third kappa shape index (κ3) is 4.72. The fraction of sp³-hybridized carbons (Fsp3) is 0.318. The summed E-state index contributed by atoms with van der Waals surface area (Å²) in [6.07, 6.45) is -0.952. The maximum Gasteiger partial charge on any atom is 1.00 e. The van der Waals surface area contributed by atoms with Gasteiger partial charge in [0.25, 0.3) is 5.91 Å². The van der Waals surface area contributed by atoms with Crippen LogP contribution in [0.4, 0.5) is 0 Å². The second-order valence-electron chi connectivity index (χ2n) is 7.79. The van der Waals surface area contributed by atoms with Gasteiger partial charge >= 0.3 is 51.4 Å². The van der Waals surface area contributed by atoms with Crippen molar-refractivity contribution in [3.63, 3.8) is 0 Å². The van der Waals surface area contributed by atoms with Gasteiger partial charge in [-0.1, -0.05) is 48.5 Å². The van der Waals surface area contributed by atoms with Gasteiger partial charge < -0.3 is 24.9 Å². The summed E-state index contributed by atoms with van der Waals surface area (Å²) in [6, 6.07) is 16.1. The van der Waals surface area contributed by atoms with Crippen LogP contribution in [0.25, 0.3) is 0 Å². The first-order valence-corrected chi connectivity index (χ1v) is 10.5. The molecular formula is C22H21KN2O5S. The Morgan fingerprint density at radius 3 is 2.26 bits per heavy atom. The minimum atomic E-state index is -1.29. The van der Waals surface area contributed by atoms with E-state index in [1.807, 2.05) is 12.1 Å². The standard InChI is InChI=1S/C22H22N2O5S.K/c1-22(2)17(21(27)28)24-19(26)15(20(24)30-22)23-18(25)16(13-9-5-3-6-10-13)29-14-11-7-4-8-12-14;/h3-12,15-17,20H,1-2H3,(H,23,25)(H,27,28);/q;+1/p-1. The number of carboxylic acid groups (broad SMARTS) is 1. The van der Waals surface area contributed by atoms with E-state index in [2.05, 4.69) is 5.32 Å². The molecule has 156 valence electrons. The Morgan fingerprint density at radius 2 is 1.68 bits per heavy atom. The number of hydrogen-bond acceptors (Lipinski definition) is 6. The number of hydrogen-bond donors (Lipinski definition) is 1. The summed E-state index contributed by atoms with van der Waals surface area (Å²) in [4.78, 5) is 38.6. The Morgan fingerprint density at radius 1 is 1.10 bits per heavy atom. The molecule has 2 aromatic carbocycles. The number of carboxylic acids is 1. The normalized spacial score (nSPS) is 24.3. The fourth-order valence-electron chi connectivity index (χ4n) is 3.89. The van der Waals surface area contributed by atoms with E-state index in [4.69, 9.17) is 4.74 Å². The summed E-state index contributed by atoms with van der Waals surface area (Å²) in [6.45, 7) is 3.52. The molecule has 2 aromatic rings. The maximum absolute atomic E-state index is 13.1. The minimum Gasteiger partial charge on any atom is -0.548 e. The number of rotatable bonds is 6. The number of carbonyl (C=O) groups excluding carboxylic acids is 3. The van der Waals surface area contributed by atoms with Crippen LogP contribution in [0.2, 0.25) is 0 Å². The number of β-lactam (4-membered cyclic amide) rings is 1. The van der Waals surface area contributed by atoms with Crippen molar-refractivity contribution < 1.29 is 75.6 Å². The van der Waals surface area contributed by atoms with Crippen molar-refractivity contribution in [1.82, 2.24) is 10.2 Å². The molecule has 2 heterocycles. The zero-order valence-corrected chi connectivity index (χ0v) is 21.4. The SMILES string of the molecule is CC1(C)SC2C(NC(=O)C(Oc3ccccc3)c3ccccc3)C(=O)N2C1C(=O)[O-].[K+]. The third-order valence-electron chi connectivity index (χ3n) is 5.30. The van der Waals surface area contributed by atoms with E-state index in [9.17, 15) is 19.5 Å². The molecule has 0 bridgehead atoms. The van der Waals surface area contributed by atoms with E-state index in [1.54, 1.807) is 62.4 Å².